The summed E-state index contributed by atoms with van der Waals surface area (Å²) in [4.78, 5) is 28.5. The van der Waals surface area contributed by atoms with E-state index >= 15 is 0 Å². The van der Waals surface area contributed by atoms with Crippen LogP contribution in [-0.4, -0.2) is 91.6 Å². The Kier molecular flexibility index (Phi) is 10.1. The molecule has 178 valence electrons. The van der Waals surface area contributed by atoms with Gasteiger partial charge in [0, 0.05) is 71.0 Å². The number of carbonyl (C=O) groups excluding carboxylic acids is 1. The van der Waals surface area contributed by atoms with E-state index < -0.39 is 0 Å². The Morgan fingerprint density at radius 3 is 2.72 bits per heavy atom. The number of hydrogen-bond donors (Lipinski definition) is 2. The fourth-order valence-corrected chi connectivity index (χ4v) is 4.47. The van der Waals surface area contributed by atoms with Crippen LogP contribution >= 0.6 is 0 Å². The molecule has 1 amide bonds. The molecule has 3 rings (SSSR count). The third-order valence-electron chi connectivity index (χ3n) is 6.40. The van der Waals surface area contributed by atoms with Crippen molar-refractivity contribution in [2.75, 3.05) is 63.8 Å². The maximum atomic E-state index is 12.6. The standard InChI is InChI=1S/C24H41N7O/c1-3-25-24(27-13-8-16-29-15-7-5-9-21(29)2)28-14-11-23(32)31-19-17-30(18-20-31)22-10-4-6-12-26-22/h4,6,10,12,21H,3,5,7-9,11,13-20H2,1-2H3,(H2,25,27,28). The number of hydrogen-bond acceptors (Lipinski definition) is 5. The Hall–Kier alpha value is -2.35. The minimum Gasteiger partial charge on any atom is -0.357 e. The molecule has 0 saturated carbocycles. The molecule has 0 bridgehead atoms. The lowest BCUT2D eigenvalue weighted by Crippen LogP contribution is -2.49. The van der Waals surface area contributed by atoms with Crippen molar-refractivity contribution < 1.29 is 4.79 Å². The van der Waals surface area contributed by atoms with Crippen molar-refractivity contribution in [3.8, 4) is 0 Å². The fraction of sp³-hybridized carbons (Fsp3) is 0.708. The lowest BCUT2D eigenvalue weighted by atomic mass is 10.0. The van der Waals surface area contributed by atoms with E-state index in [-0.39, 0.29) is 5.91 Å². The van der Waals surface area contributed by atoms with Gasteiger partial charge < -0.3 is 25.3 Å². The number of aromatic nitrogens is 1. The summed E-state index contributed by atoms with van der Waals surface area (Å²) in [5.41, 5.74) is 0. The lowest BCUT2D eigenvalue weighted by Gasteiger charge is -2.35. The van der Waals surface area contributed by atoms with E-state index in [2.05, 4.69) is 39.3 Å². The van der Waals surface area contributed by atoms with Crippen molar-refractivity contribution in [1.82, 2.24) is 25.4 Å². The molecule has 1 aromatic rings. The number of rotatable bonds is 9. The van der Waals surface area contributed by atoms with Crippen LogP contribution in [0.2, 0.25) is 0 Å². The molecule has 0 aliphatic carbocycles. The molecule has 1 unspecified atom stereocenters. The molecule has 0 spiro atoms. The lowest BCUT2D eigenvalue weighted by molar-refractivity contribution is -0.131. The molecular formula is C24H41N7O. The van der Waals surface area contributed by atoms with E-state index in [0.29, 0.717) is 19.0 Å². The van der Waals surface area contributed by atoms with Gasteiger partial charge in [-0.1, -0.05) is 12.5 Å². The van der Waals surface area contributed by atoms with Crippen LogP contribution in [0.25, 0.3) is 0 Å². The molecule has 32 heavy (non-hydrogen) atoms. The number of guanidine groups is 1. The Balaban J connectivity index is 1.33. The third-order valence-corrected chi connectivity index (χ3v) is 6.40. The first-order valence-corrected chi connectivity index (χ1v) is 12.4. The number of amides is 1. The van der Waals surface area contributed by atoms with Gasteiger partial charge in [0.15, 0.2) is 5.96 Å². The zero-order chi connectivity index (χ0) is 22.6. The van der Waals surface area contributed by atoms with Gasteiger partial charge in [0.2, 0.25) is 5.91 Å². The van der Waals surface area contributed by atoms with E-state index in [1.165, 1.54) is 25.8 Å². The summed E-state index contributed by atoms with van der Waals surface area (Å²) in [5.74, 6) is 2.00. The van der Waals surface area contributed by atoms with Crippen LogP contribution in [0, 0.1) is 0 Å². The fourth-order valence-electron chi connectivity index (χ4n) is 4.47. The molecule has 2 N–H and O–H groups in total. The van der Waals surface area contributed by atoms with Gasteiger partial charge in [-0.25, -0.2) is 4.98 Å². The number of piperidine rings is 1. The average Bonchev–Trinajstić information content (AvgIpc) is 2.83. The number of carbonyl (C=O) groups is 1. The van der Waals surface area contributed by atoms with Crippen molar-refractivity contribution in [2.24, 2.45) is 4.99 Å². The molecule has 1 aromatic heterocycles. The van der Waals surface area contributed by atoms with Crippen LogP contribution in [0.15, 0.2) is 29.4 Å². The highest BCUT2D eigenvalue weighted by Crippen LogP contribution is 2.16. The monoisotopic (exact) mass is 443 g/mol. The second-order valence-corrected chi connectivity index (χ2v) is 8.73. The smallest absolute Gasteiger partial charge is 0.224 e. The molecular weight excluding hydrogens is 402 g/mol. The number of likely N-dealkylation sites (tertiary alicyclic amines) is 1. The first kappa shape index (κ1) is 24.3. The first-order chi connectivity index (χ1) is 15.7. The summed E-state index contributed by atoms with van der Waals surface area (Å²) in [7, 11) is 0. The van der Waals surface area contributed by atoms with Crippen LogP contribution in [0.1, 0.15) is 46.0 Å². The highest BCUT2D eigenvalue weighted by molar-refractivity contribution is 5.81. The minimum absolute atomic E-state index is 0.202. The van der Waals surface area contributed by atoms with Crippen LogP contribution in [0.3, 0.4) is 0 Å². The highest BCUT2D eigenvalue weighted by atomic mass is 16.2. The van der Waals surface area contributed by atoms with Gasteiger partial charge in [0.1, 0.15) is 5.82 Å². The van der Waals surface area contributed by atoms with Crippen LogP contribution in [0.4, 0.5) is 5.82 Å². The largest absolute Gasteiger partial charge is 0.357 e. The average molecular weight is 444 g/mol. The summed E-state index contributed by atoms with van der Waals surface area (Å²) in [6.45, 7) is 12.1. The third kappa shape index (κ3) is 7.65. The van der Waals surface area contributed by atoms with Crippen molar-refractivity contribution >= 4 is 17.7 Å². The molecule has 8 nitrogen and oxygen atoms in total. The summed E-state index contributed by atoms with van der Waals surface area (Å²) < 4.78 is 0. The van der Waals surface area contributed by atoms with E-state index in [9.17, 15) is 4.79 Å². The molecule has 2 aliphatic rings. The quantitative estimate of drug-likeness (QED) is 0.345. The second kappa shape index (κ2) is 13.3. The number of nitrogens with one attached hydrogen (secondary N) is 2. The molecule has 3 heterocycles. The topological polar surface area (TPSA) is 76.1 Å². The minimum atomic E-state index is 0.202. The highest BCUT2D eigenvalue weighted by Gasteiger charge is 2.21. The van der Waals surface area contributed by atoms with Gasteiger partial charge in [-0.2, -0.15) is 0 Å². The number of piperazine rings is 1. The van der Waals surface area contributed by atoms with E-state index in [0.717, 1.165) is 64.0 Å². The van der Waals surface area contributed by atoms with Crippen molar-refractivity contribution in [3.05, 3.63) is 24.4 Å². The second-order valence-electron chi connectivity index (χ2n) is 8.73. The van der Waals surface area contributed by atoms with E-state index in [4.69, 9.17) is 4.99 Å². The maximum Gasteiger partial charge on any atom is 0.224 e. The predicted octanol–water partition coefficient (Wildman–Crippen LogP) is 1.94. The molecule has 2 saturated heterocycles. The number of pyridine rings is 1. The van der Waals surface area contributed by atoms with Crippen molar-refractivity contribution in [2.45, 2.75) is 52.0 Å². The summed E-state index contributed by atoms with van der Waals surface area (Å²) in [5, 5.41) is 6.62. The van der Waals surface area contributed by atoms with Crippen molar-refractivity contribution in [1.29, 1.82) is 0 Å². The Morgan fingerprint density at radius 1 is 1.16 bits per heavy atom. The zero-order valence-corrected chi connectivity index (χ0v) is 19.9. The molecule has 1 atom stereocenters. The van der Waals surface area contributed by atoms with E-state index in [1.807, 2.05) is 29.3 Å². The Bertz CT molecular complexity index is 704. The normalized spacial score (nSPS) is 20.3. The van der Waals surface area contributed by atoms with Gasteiger partial charge >= 0.3 is 0 Å². The Labute approximate surface area is 193 Å². The van der Waals surface area contributed by atoms with Crippen LogP contribution in [0.5, 0.6) is 0 Å². The summed E-state index contributed by atoms with van der Waals surface area (Å²) >= 11 is 0. The van der Waals surface area contributed by atoms with Gasteiger partial charge in [0.05, 0.1) is 0 Å². The molecule has 0 radical (unpaired) electrons. The molecule has 8 heteroatoms. The predicted molar refractivity (Wildman–Crippen MR) is 131 cm³/mol. The number of aliphatic imine (C=N–C) groups is 1. The molecule has 0 aromatic carbocycles. The first-order valence-electron chi connectivity index (χ1n) is 12.4. The Morgan fingerprint density at radius 2 is 2.00 bits per heavy atom. The van der Waals surface area contributed by atoms with Gasteiger partial charge in [-0.05, 0) is 51.8 Å². The van der Waals surface area contributed by atoms with E-state index in [1.54, 1.807) is 0 Å². The SMILES string of the molecule is CCNC(=NCCCN1CCCCC1C)NCCC(=O)N1CCN(c2ccccn2)CC1. The van der Waals surface area contributed by atoms with Crippen LogP contribution < -0.4 is 15.5 Å². The number of nitrogens with zero attached hydrogens (tertiary/aromatic N) is 5. The van der Waals surface area contributed by atoms with Gasteiger partial charge in [-0.3, -0.25) is 9.79 Å². The molecule has 2 aliphatic heterocycles. The van der Waals surface area contributed by atoms with Gasteiger partial charge in [-0.15, -0.1) is 0 Å². The molecule has 2 fully saturated rings. The maximum absolute atomic E-state index is 12.6. The zero-order valence-electron chi connectivity index (χ0n) is 19.9. The summed E-state index contributed by atoms with van der Waals surface area (Å²) in [6, 6.07) is 6.66. The van der Waals surface area contributed by atoms with Crippen LogP contribution in [-0.2, 0) is 4.79 Å². The van der Waals surface area contributed by atoms with Gasteiger partial charge in [0.25, 0.3) is 0 Å². The van der Waals surface area contributed by atoms with Crippen molar-refractivity contribution in [3.63, 3.8) is 0 Å². The summed E-state index contributed by atoms with van der Waals surface area (Å²) in [6.07, 6.45) is 7.38. The number of anilines is 1.